The van der Waals surface area contributed by atoms with Crippen molar-refractivity contribution in [2.45, 2.75) is 47.1 Å². The van der Waals surface area contributed by atoms with Gasteiger partial charge >= 0.3 is 0 Å². The number of fused-ring (bicyclic) bond motifs is 1. The van der Waals surface area contributed by atoms with Crippen molar-refractivity contribution in [3.05, 3.63) is 22.5 Å². The molecule has 0 radical (unpaired) electrons. The van der Waals surface area contributed by atoms with Crippen molar-refractivity contribution in [1.82, 2.24) is 9.97 Å². The molecule has 2 rings (SSSR count). The van der Waals surface area contributed by atoms with Gasteiger partial charge in [-0.2, -0.15) is 0 Å². The second-order valence-electron chi connectivity index (χ2n) is 5.87. The molecule has 0 aliphatic heterocycles. The number of aliphatic hydroxyl groups is 1. The Labute approximate surface area is 112 Å². The Morgan fingerprint density at radius 2 is 1.94 bits per heavy atom. The number of hydrogen-bond acceptors (Lipinski definition) is 4. The molecule has 18 heavy (non-hydrogen) atoms. The highest BCUT2D eigenvalue weighted by molar-refractivity contribution is 7.18. The molecule has 0 spiro atoms. The summed E-state index contributed by atoms with van der Waals surface area (Å²) in [6.07, 6.45) is 1.79. The fourth-order valence-corrected chi connectivity index (χ4v) is 2.92. The molecule has 0 amide bonds. The maximum absolute atomic E-state index is 10.2. The molecule has 3 nitrogen and oxygen atoms in total. The van der Waals surface area contributed by atoms with Gasteiger partial charge in [0.2, 0.25) is 0 Å². The van der Waals surface area contributed by atoms with Gasteiger partial charge < -0.3 is 5.11 Å². The topological polar surface area (TPSA) is 46.0 Å². The minimum atomic E-state index is -0.393. The SMILES string of the molecule is Cc1sc2ncnc(CC(O)C(C)(C)C)c2c1C. The van der Waals surface area contributed by atoms with Gasteiger partial charge in [0.15, 0.2) is 0 Å². The predicted octanol–water partition coefficient (Wildman–Crippen LogP) is 3.26. The predicted molar refractivity (Wildman–Crippen MR) is 76.1 cm³/mol. The average Bonchev–Trinajstić information content (AvgIpc) is 2.54. The molecular weight excluding hydrogens is 244 g/mol. The summed E-state index contributed by atoms with van der Waals surface area (Å²) in [5, 5.41) is 11.4. The van der Waals surface area contributed by atoms with Crippen LogP contribution in [0, 0.1) is 19.3 Å². The van der Waals surface area contributed by atoms with Crippen LogP contribution in [0.25, 0.3) is 10.2 Å². The number of nitrogens with zero attached hydrogens (tertiary/aromatic N) is 2. The van der Waals surface area contributed by atoms with E-state index in [9.17, 15) is 5.11 Å². The summed E-state index contributed by atoms with van der Waals surface area (Å²) in [6, 6.07) is 0. The lowest BCUT2D eigenvalue weighted by Gasteiger charge is -2.25. The molecule has 0 aliphatic rings. The fourth-order valence-electron chi connectivity index (χ4n) is 1.90. The Morgan fingerprint density at radius 3 is 2.56 bits per heavy atom. The third kappa shape index (κ3) is 2.40. The van der Waals surface area contributed by atoms with E-state index >= 15 is 0 Å². The maximum atomic E-state index is 10.2. The first kappa shape index (κ1) is 13.4. The number of thiophene rings is 1. The smallest absolute Gasteiger partial charge is 0.127 e. The summed E-state index contributed by atoms with van der Waals surface area (Å²) in [5.74, 6) is 0. The molecule has 2 aromatic heterocycles. The van der Waals surface area contributed by atoms with Crippen LogP contribution in [-0.2, 0) is 6.42 Å². The highest BCUT2D eigenvalue weighted by Crippen LogP contribution is 2.32. The number of aryl methyl sites for hydroxylation is 2. The Balaban J connectivity index is 2.45. The van der Waals surface area contributed by atoms with Crippen molar-refractivity contribution in [3.63, 3.8) is 0 Å². The fraction of sp³-hybridized carbons (Fsp3) is 0.571. The van der Waals surface area contributed by atoms with Crippen LogP contribution >= 0.6 is 11.3 Å². The third-order valence-electron chi connectivity index (χ3n) is 3.43. The lowest BCUT2D eigenvalue weighted by Crippen LogP contribution is -2.28. The molecule has 0 bridgehead atoms. The van der Waals surface area contributed by atoms with Crippen LogP contribution in [0.1, 0.15) is 36.9 Å². The Kier molecular flexibility index (Phi) is 3.43. The van der Waals surface area contributed by atoms with E-state index in [0.29, 0.717) is 6.42 Å². The number of aromatic nitrogens is 2. The average molecular weight is 264 g/mol. The molecule has 1 atom stereocenters. The molecule has 4 heteroatoms. The first-order valence-corrected chi connectivity index (χ1v) is 7.00. The molecule has 2 aromatic rings. The Bertz CT molecular complexity index is 569. The Morgan fingerprint density at radius 1 is 1.28 bits per heavy atom. The number of hydrogen-bond donors (Lipinski definition) is 1. The molecule has 1 unspecified atom stereocenters. The third-order valence-corrected chi connectivity index (χ3v) is 4.55. The number of aliphatic hydroxyl groups excluding tert-OH is 1. The van der Waals surface area contributed by atoms with Gasteiger partial charge in [-0.15, -0.1) is 11.3 Å². The van der Waals surface area contributed by atoms with E-state index in [0.717, 1.165) is 15.9 Å². The first-order valence-electron chi connectivity index (χ1n) is 6.18. The summed E-state index contributed by atoms with van der Waals surface area (Å²) in [6.45, 7) is 10.3. The van der Waals surface area contributed by atoms with Crippen LogP contribution in [0.2, 0.25) is 0 Å². The zero-order valence-corrected chi connectivity index (χ0v) is 12.4. The molecule has 1 N–H and O–H groups in total. The van der Waals surface area contributed by atoms with Crippen molar-refractivity contribution in [2.75, 3.05) is 0 Å². The van der Waals surface area contributed by atoms with Crippen LogP contribution in [0.4, 0.5) is 0 Å². The highest BCUT2D eigenvalue weighted by Gasteiger charge is 2.24. The minimum absolute atomic E-state index is 0.129. The standard InChI is InChI=1S/C14H20N2OS/c1-8-9(2)18-13-12(8)10(15-7-16-13)6-11(17)14(3,4)5/h7,11,17H,6H2,1-5H3. The van der Waals surface area contributed by atoms with Gasteiger partial charge in [0.25, 0.3) is 0 Å². The molecule has 0 aromatic carbocycles. The molecular formula is C14H20N2OS. The second kappa shape index (κ2) is 4.59. The first-order chi connectivity index (χ1) is 8.30. The number of rotatable bonds is 2. The molecule has 98 valence electrons. The summed E-state index contributed by atoms with van der Waals surface area (Å²) < 4.78 is 0. The quantitative estimate of drug-likeness (QED) is 0.905. The van der Waals surface area contributed by atoms with E-state index in [1.807, 2.05) is 20.8 Å². The van der Waals surface area contributed by atoms with E-state index in [4.69, 9.17) is 0 Å². The molecule has 0 saturated carbocycles. The molecule has 2 heterocycles. The summed E-state index contributed by atoms with van der Waals surface area (Å²) in [5.41, 5.74) is 2.08. The van der Waals surface area contributed by atoms with Crippen LogP contribution < -0.4 is 0 Å². The van der Waals surface area contributed by atoms with Crippen LogP contribution in [0.15, 0.2) is 6.33 Å². The normalized spacial score (nSPS) is 14.1. The van der Waals surface area contributed by atoms with Gasteiger partial charge in [-0.1, -0.05) is 20.8 Å². The second-order valence-corrected chi connectivity index (χ2v) is 7.07. The monoisotopic (exact) mass is 264 g/mol. The van der Waals surface area contributed by atoms with Gasteiger partial charge in [0, 0.05) is 16.7 Å². The van der Waals surface area contributed by atoms with Crippen LogP contribution in [0.5, 0.6) is 0 Å². The summed E-state index contributed by atoms with van der Waals surface area (Å²) >= 11 is 1.69. The van der Waals surface area contributed by atoms with Gasteiger partial charge in [-0.05, 0) is 24.8 Å². The largest absolute Gasteiger partial charge is 0.392 e. The van der Waals surface area contributed by atoms with Gasteiger partial charge in [-0.3, -0.25) is 0 Å². The van der Waals surface area contributed by atoms with Crippen molar-refractivity contribution in [2.24, 2.45) is 5.41 Å². The highest BCUT2D eigenvalue weighted by atomic mass is 32.1. The van der Waals surface area contributed by atoms with Crippen LogP contribution in [0.3, 0.4) is 0 Å². The molecule has 0 fully saturated rings. The van der Waals surface area contributed by atoms with Gasteiger partial charge in [-0.25, -0.2) is 9.97 Å². The maximum Gasteiger partial charge on any atom is 0.127 e. The zero-order valence-electron chi connectivity index (χ0n) is 11.6. The van der Waals surface area contributed by atoms with E-state index in [1.54, 1.807) is 17.7 Å². The lowest BCUT2D eigenvalue weighted by atomic mass is 9.86. The molecule has 0 saturated heterocycles. The van der Waals surface area contributed by atoms with Crippen molar-refractivity contribution in [3.8, 4) is 0 Å². The summed E-state index contributed by atoms with van der Waals surface area (Å²) in [4.78, 5) is 11.0. The van der Waals surface area contributed by atoms with E-state index in [2.05, 4.69) is 23.8 Å². The van der Waals surface area contributed by atoms with E-state index in [-0.39, 0.29) is 5.41 Å². The summed E-state index contributed by atoms with van der Waals surface area (Å²) in [7, 11) is 0. The minimum Gasteiger partial charge on any atom is -0.392 e. The molecule has 0 aliphatic carbocycles. The zero-order chi connectivity index (χ0) is 13.5. The van der Waals surface area contributed by atoms with Gasteiger partial charge in [0.1, 0.15) is 11.2 Å². The van der Waals surface area contributed by atoms with Crippen molar-refractivity contribution in [1.29, 1.82) is 0 Å². The van der Waals surface area contributed by atoms with E-state index < -0.39 is 6.10 Å². The van der Waals surface area contributed by atoms with Gasteiger partial charge in [0.05, 0.1) is 11.8 Å². The van der Waals surface area contributed by atoms with Crippen LogP contribution in [-0.4, -0.2) is 21.2 Å². The Hall–Kier alpha value is -1.00. The lowest BCUT2D eigenvalue weighted by molar-refractivity contribution is 0.0630. The van der Waals surface area contributed by atoms with E-state index in [1.165, 1.54) is 10.4 Å². The van der Waals surface area contributed by atoms with Crippen molar-refractivity contribution >= 4 is 21.6 Å². The van der Waals surface area contributed by atoms with Crippen molar-refractivity contribution < 1.29 is 5.11 Å².